The van der Waals surface area contributed by atoms with Gasteiger partial charge in [0, 0.05) is 18.6 Å². The molecular weight excluding hydrogens is 196 g/mol. The standard InChI is InChI=1S/C12H17ClO/c1-9-7-11(13)6-5-10(9)8-12(2,3)14-4/h5-7H,8H2,1-4H3. The molecule has 0 heterocycles. The lowest BCUT2D eigenvalue weighted by Crippen LogP contribution is -2.25. The molecule has 1 nitrogen and oxygen atoms in total. The van der Waals surface area contributed by atoms with Crippen molar-refractivity contribution < 1.29 is 4.74 Å². The van der Waals surface area contributed by atoms with E-state index in [0.717, 1.165) is 11.4 Å². The van der Waals surface area contributed by atoms with Crippen molar-refractivity contribution in [3.8, 4) is 0 Å². The molecule has 0 N–H and O–H groups in total. The second-order valence-corrected chi connectivity index (χ2v) is 4.65. The summed E-state index contributed by atoms with van der Waals surface area (Å²) in [6.45, 7) is 6.25. The van der Waals surface area contributed by atoms with E-state index in [0.29, 0.717) is 0 Å². The van der Waals surface area contributed by atoms with Crippen LogP contribution in [0.4, 0.5) is 0 Å². The van der Waals surface area contributed by atoms with Crippen LogP contribution in [0.2, 0.25) is 5.02 Å². The summed E-state index contributed by atoms with van der Waals surface area (Å²) in [5.74, 6) is 0. The molecule has 0 aromatic heterocycles. The third-order valence-electron chi connectivity index (χ3n) is 2.47. The summed E-state index contributed by atoms with van der Waals surface area (Å²) in [7, 11) is 1.74. The Bertz CT molecular complexity index is 318. The molecule has 0 atom stereocenters. The van der Waals surface area contributed by atoms with Gasteiger partial charge in [-0.1, -0.05) is 17.7 Å². The average molecular weight is 213 g/mol. The molecule has 0 radical (unpaired) electrons. The van der Waals surface area contributed by atoms with E-state index in [9.17, 15) is 0 Å². The monoisotopic (exact) mass is 212 g/mol. The van der Waals surface area contributed by atoms with E-state index in [2.05, 4.69) is 26.8 Å². The first-order chi connectivity index (χ1) is 6.44. The van der Waals surface area contributed by atoms with Crippen molar-refractivity contribution in [3.05, 3.63) is 34.3 Å². The zero-order valence-electron chi connectivity index (χ0n) is 9.23. The Morgan fingerprint density at radius 2 is 2.00 bits per heavy atom. The fourth-order valence-electron chi connectivity index (χ4n) is 1.39. The Morgan fingerprint density at radius 3 is 2.50 bits per heavy atom. The van der Waals surface area contributed by atoms with Gasteiger partial charge in [0.05, 0.1) is 5.60 Å². The molecule has 1 aromatic carbocycles. The Kier molecular flexibility index (Phi) is 3.57. The number of rotatable bonds is 3. The number of benzene rings is 1. The van der Waals surface area contributed by atoms with E-state index in [4.69, 9.17) is 16.3 Å². The van der Waals surface area contributed by atoms with Crippen LogP contribution >= 0.6 is 11.6 Å². The lowest BCUT2D eigenvalue weighted by Gasteiger charge is -2.23. The summed E-state index contributed by atoms with van der Waals surface area (Å²) in [6.07, 6.45) is 0.909. The topological polar surface area (TPSA) is 9.23 Å². The smallest absolute Gasteiger partial charge is 0.0663 e. The predicted octanol–water partition coefficient (Wildman–Crippen LogP) is 3.62. The molecule has 0 aliphatic heterocycles. The van der Waals surface area contributed by atoms with E-state index < -0.39 is 0 Å². The summed E-state index contributed by atoms with van der Waals surface area (Å²) in [5, 5.41) is 0.793. The molecule has 78 valence electrons. The summed E-state index contributed by atoms with van der Waals surface area (Å²) in [4.78, 5) is 0. The fraction of sp³-hybridized carbons (Fsp3) is 0.500. The summed E-state index contributed by atoms with van der Waals surface area (Å²) < 4.78 is 5.39. The van der Waals surface area contributed by atoms with Crippen LogP contribution in [0.25, 0.3) is 0 Å². The second kappa shape index (κ2) is 4.33. The molecule has 2 heteroatoms. The van der Waals surface area contributed by atoms with Crippen LogP contribution in [0.15, 0.2) is 18.2 Å². The van der Waals surface area contributed by atoms with Gasteiger partial charge in [-0.15, -0.1) is 0 Å². The number of hydrogen-bond acceptors (Lipinski definition) is 1. The maximum Gasteiger partial charge on any atom is 0.0663 e. The highest BCUT2D eigenvalue weighted by Gasteiger charge is 2.17. The van der Waals surface area contributed by atoms with E-state index >= 15 is 0 Å². The molecule has 0 saturated heterocycles. The van der Waals surface area contributed by atoms with Gasteiger partial charge in [0.25, 0.3) is 0 Å². The summed E-state index contributed by atoms with van der Waals surface area (Å²) in [6, 6.07) is 5.98. The zero-order valence-corrected chi connectivity index (χ0v) is 9.98. The summed E-state index contributed by atoms with van der Waals surface area (Å²) >= 11 is 5.89. The number of methoxy groups -OCH3 is 1. The van der Waals surface area contributed by atoms with Gasteiger partial charge in [-0.3, -0.25) is 0 Å². The predicted molar refractivity (Wildman–Crippen MR) is 61.0 cm³/mol. The number of hydrogen-bond donors (Lipinski definition) is 0. The van der Waals surface area contributed by atoms with Gasteiger partial charge in [-0.25, -0.2) is 0 Å². The molecule has 14 heavy (non-hydrogen) atoms. The van der Waals surface area contributed by atoms with Crippen molar-refractivity contribution in [3.63, 3.8) is 0 Å². The number of halogens is 1. The van der Waals surface area contributed by atoms with Crippen molar-refractivity contribution in [1.82, 2.24) is 0 Å². The largest absolute Gasteiger partial charge is 0.378 e. The molecule has 1 aromatic rings. The summed E-state index contributed by atoms with van der Waals surface area (Å²) in [5.41, 5.74) is 2.40. The van der Waals surface area contributed by atoms with Crippen molar-refractivity contribution in [1.29, 1.82) is 0 Å². The Morgan fingerprint density at radius 1 is 1.36 bits per heavy atom. The molecule has 0 aliphatic carbocycles. The van der Waals surface area contributed by atoms with E-state index in [-0.39, 0.29) is 5.60 Å². The molecule has 0 amide bonds. The molecule has 1 rings (SSSR count). The van der Waals surface area contributed by atoms with Crippen LogP contribution in [-0.4, -0.2) is 12.7 Å². The van der Waals surface area contributed by atoms with Crippen LogP contribution in [0.5, 0.6) is 0 Å². The fourth-order valence-corrected chi connectivity index (χ4v) is 1.62. The minimum atomic E-state index is -0.113. The van der Waals surface area contributed by atoms with Crippen LogP contribution in [-0.2, 0) is 11.2 Å². The normalized spacial score (nSPS) is 11.8. The van der Waals surface area contributed by atoms with Gasteiger partial charge in [0.1, 0.15) is 0 Å². The number of aryl methyl sites for hydroxylation is 1. The van der Waals surface area contributed by atoms with Crippen molar-refractivity contribution in [2.45, 2.75) is 32.8 Å². The maximum absolute atomic E-state index is 5.89. The lowest BCUT2D eigenvalue weighted by molar-refractivity contribution is 0.0231. The minimum absolute atomic E-state index is 0.113. The average Bonchev–Trinajstić information content (AvgIpc) is 2.10. The van der Waals surface area contributed by atoms with Crippen LogP contribution < -0.4 is 0 Å². The SMILES string of the molecule is COC(C)(C)Cc1ccc(Cl)cc1C. The molecule has 0 unspecified atom stereocenters. The lowest BCUT2D eigenvalue weighted by atomic mass is 9.95. The van der Waals surface area contributed by atoms with Crippen molar-refractivity contribution in [2.24, 2.45) is 0 Å². The molecule has 0 fully saturated rings. The van der Waals surface area contributed by atoms with Crippen LogP contribution in [0.3, 0.4) is 0 Å². The zero-order chi connectivity index (χ0) is 10.8. The minimum Gasteiger partial charge on any atom is -0.378 e. The Hall–Kier alpha value is -0.530. The highest BCUT2D eigenvalue weighted by Crippen LogP contribution is 2.21. The first-order valence-electron chi connectivity index (χ1n) is 4.75. The van der Waals surface area contributed by atoms with Gasteiger partial charge < -0.3 is 4.74 Å². The van der Waals surface area contributed by atoms with Gasteiger partial charge in [-0.2, -0.15) is 0 Å². The van der Waals surface area contributed by atoms with Gasteiger partial charge >= 0.3 is 0 Å². The van der Waals surface area contributed by atoms with E-state index in [1.165, 1.54) is 11.1 Å². The van der Waals surface area contributed by atoms with Crippen LogP contribution in [0.1, 0.15) is 25.0 Å². The first kappa shape index (κ1) is 11.5. The van der Waals surface area contributed by atoms with E-state index in [1.807, 2.05) is 12.1 Å². The Balaban J connectivity index is 2.87. The van der Waals surface area contributed by atoms with Gasteiger partial charge in [-0.05, 0) is 44.0 Å². The Labute approximate surface area is 91.0 Å². The highest BCUT2D eigenvalue weighted by molar-refractivity contribution is 6.30. The third kappa shape index (κ3) is 3.00. The van der Waals surface area contributed by atoms with E-state index in [1.54, 1.807) is 7.11 Å². The van der Waals surface area contributed by atoms with Crippen molar-refractivity contribution >= 4 is 11.6 Å². The molecule has 0 aliphatic rings. The van der Waals surface area contributed by atoms with Crippen molar-refractivity contribution in [2.75, 3.05) is 7.11 Å². The first-order valence-corrected chi connectivity index (χ1v) is 5.12. The molecule has 0 saturated carbocycles. The van der Waals surface area contributed by atoms with Gasteiger partial charge in [0.15, 0.2) is 0 Å². The van der Waals surface area contributed by atoms with Crippen LogP contribution in [0, 0.1) is 6.92 Å². The quantitative estimate of drug-likeness (QED) is 0.744. The van der Waals surface area contributed by atoms with Gasteiger partial charge in [0.2, 0.25) is 0 Å². The highest BCUT2D eigenvalue weighted by atomic mass is 35.5. The third-order valence-corrected chi connectivity index (χ3v) is 2.71. The second-order valence-electron chi connectivity index (χ2n) is 4.21. The maximum atomic E-state index is 5.89. The number of ether oxygens (including phenoxy) is 1. The molecular formula is C12H17ClO. The molecule has 0 spiro atoms. The molecule has 0 bridgehead atoms.